The SMILES string of the molecule is [C-]#[N+]c1ccc2c(c1)c1cc(C#N)ccc1n2-c1c(-c2cccc(C)c2)cc(-c2nc(-c3ccccc3)nc(-c3ccccc3)n2)cc1-c1cccc(C(F)(F)F)c1.[C-]#[N+]c1ccc2c(c1)c1ccccc1n2-c1c(-c2cccc(C)c2)cc(-c2nc(-c3ccccc3)nc(-c3ccccc3)n2)cc1-c1cccc(C(F)(F)F)c1. The topological polar surface area (TPSA) is 120 Å². The second-order valence-corrected chi connectivity index (χ2v) is 27.5. The van der Waals surface area contributed by atoms with Crippen molar-refractivity contribution in [3.05, 3.63) is 372 Å². The van der Waals surface area contributed by atoms with E-state index in [9.17, 15) is 31.6 Å². The first-order valence-corrected chi connectivity index (χ1v) is 36.3. The number of benzene rings is 14. The van der Waals surface area contributed by atoms with Gasteiger partial charge in [0.15, 0.2) is 46.3 Å². The molecule has 0 saturated heterocycles. The lowest BCUT2D eigenvalue weighted by Gasteiger charge is -2.22. The van der Waals surface area contributed by atoms with E-state index in [0.717, 1.165) is 94.8 Å². The van der Waals surface area contributed by atoms with Crippen molar-refractivity contribution in [3.63, 3.8) is 0 Å². The molecule has 18 aromatic rings. The van der Waals surface area contributed by atoms with E-state index in [1.54, 1.807) is 42.5 Å². The Morgan fingerprint density at radius 2 is 0.588 bits per heavy atom. The van der Waals surface area contributed by atoms with Crippen LogP contribution >= 0.6 is 0 Å². The molecule has 114 heavy (non-hydrogen) atoms. The standard InChI is InChI=1S/C49H29F3N6.C48H30F3N5/c1-30-11-9-16-34(23-30)39-26-36(48-56-46(32-12-5-3-6-13-32)55-47(57-48)33-14-7-4-8-15-33)27-40(35-17-10-18-37(25-35)49(50,51)52)45(39)58-43-21-19-31(29-53)24-41(43)42-28-38(54-2)20-22-44(42)58;1-30-13-11-18-33(25-30)39-27-35(47-54-45(31-14-5-3-6-15-31)53-46(55-47)32-16-7-4-8-17-32)28-40(34-19-12-20-36(26-34)48(49,50)51)44(39)56-42-22-10-9-21-38(42)41-29-37(52-2)23-24-43(41)56/h3-28H,1H3;3-29H,1H3. The van der Waals surface area contributed by atoms with Crippen molar-refractivity contribution in [2.75, 3.05) is 0 Å². The van der Waals surface area contributed by atoms with Gasteiger partial charge >= 0.3 is 12.4 Å². The van der Waals surface area contributed by atoms with Gasteiger partial charge in [0, 0.05) is 66.4 Å². The fraction of sp³-hybridized carbons (Fsp3) is 0.0412. The Hall–Kier alpha value is -15.3. The zero-order chi connectivity index (χ0) is 78.4. The number of aromatic nitrogens is 8. The number of rotatable bonds is 12. The van der Waals surface area contributed by atoms with Crippen LogP contribution in [-0.4, -0.2) is 39.0 Å². The van der Waals surface area contributed by atoms with Crippen LogP contribution < -0.4 is 0 Å². The molecule has 0 radical (unpaired) electrons. The number of halogens is 6. The minimum Gasteiger partial charge on any atom is -0.308 e. The van der Waals surface area contributed by atoms with Gasteiger partial charge in [0.05, 0.1) is 69.3 Å². The predicted octanol–water partition coefficient (Wildman–Crippen LogP) is 26.2. The van der Waals surface area contributed by atoms with Gasteiger partial charge < -0.3 is 9.13 Å². The summed E-state index contributed by atoms with van der Waals surface area (Å²) < 4.78 is 90.9. The molecule has 17 heteroatoms. The van der Waals surface area contributed by atoms with Crippen molar-refractivity contribution in [1.82, 2.24) is 39.0 Å². The largest absolute Gasteiger partial charge is 0.416 e. The van der Waals surface area contributed by atoms with E-state index >= 15 is 0 Å². The summed E-state index contributed by atoms with van der Waals surface area (Å²) in [7, 11) is 0. The highest BCUT2D eigenvalue weighted by atomic mass is 19.4. The molecule has 0 aliphatic heterocycles. The fourth-order valence-corrected chi connectivity index (χ4v) is 14.8. The normalized spacial score (nSPS) is 11.5. The van der Waals surface area contributed by atoms with Gasteiger partial charge in [-0.05, 0) is 144 Å². The van der Waals surface area contributed by atoms with Crippen LogP contribution in [0.2, 0.25) is 0 Å². The van der Waals surface area contributed by atoms with E-state index in [2.05, 4.69) is 26.4 Å². The van der Waals surface area contributed by atoms with Crippen LogP contribution in [0.4, 0.5) is 37.7 Å². The highest BCUT2D eigenvalue weighted by Crippen LogP contribution is 2.49. The summed E-state index contributed by atoms with van der Waals surface area (Å²) in [5.74, 6) is 2.53. The molecule has 0 amide bonds. The molecule has 0 N–H and O–H groups in total. The monoisotopic (exact) mass is 1490 g/mol. The molecule has 0 saturated carbocycles. The van der Waals surface area contributed by atoms with Crippen molar-refractivity contribution in [2.24, 2.45) is 0 Å². The lowest BCUT2D eigenvalue weighted by atomic mass is 9.91. The lowest BCUT2D eigenvalue weighted by Crippen LogP contribution is -2.06. The first-order chi connectivity index (χ1) is 55.4. The van der Waals surface area contributed by atoms with Gasteiger partial charge in [0.1, 0.15) is 0 Å². The molecule has 18 rings (SSSR count). The van der Waals surface area contributed by atoms with E-state index in [1.807, 2.05) is 255 Å². The van der Waals surface area contributed by atoms with Gasteiger partial charge in [-0.1, -0.05) is 236 Å². The second kappa shape index (κ2) is 29.6. The maximum absolute atomic E-state index is 14.5. The zero-order valence-corrected chi connectivity index (χ0v) is 60.8. The van der Waals surface area contributed by atoms with Crippen molar-refractivity contribution < 1.29 is 26.3 Å². The Morgan fingerprint density at radius 3 is 0.939 bits per heavy atom. The van der Waals surface area contributed by atoms with Gasteiger partial charge in [0.25, 0.3) is 0 Å². The Morgan fingerprint density at radius 1 is 0.289 bits per heavy atom. The molecular weight excluding hydrogens is 1430 g/mol. The van der Waals surface area contributed by atoms with Crippen LogP contribution in [0.1, 0.15) is 27.8 Å². The smallest absolute Gasteiger partial charge is 0.308 e. The number of nitrogens with zero attached hydrogens (tertiary/aromatic N) is 11. The third-order valence-electron chi connectivity index (χ3n) is 20.0. The van der Waals surface area contributed by atoms with Gasteiger partial charge in [0.2, 0.25) is 0 Å². The van der Waals surface area contributed by atoms with Crippen molar-refractivity contribution in [2.45, 2.75) is 26.2 Å². The molecule has 0 unspecified atom stereocenters. The molecule has 14 aromatic carbocycles. The Kier molecular flexibility index (Phi) is 18.6. The summed E-state index contributed by atoms with van der Waals surface area (Å²) in [5.41, 5.74) is 15.3. The maximum atomic E-state index is 14.5. The molecule has 0 bridgehead atoms. The summed E-state index contributed by atoms with van der Waals surface area (Å²) in [6, 6.07) is 99.3. The number of hydrogen-bond acceptors (Lipinski definition) is 7. The van der Waals surface area contributed by atoms with E-state index in [1.165, 1.54) is 24.3 Å². The number of nitriles is 1. The van der Waals surface area contributed by atoms with Crippen molar-refractivity contribution in [3.8, 4) is 130 Å². The Labute approximate surface area is 650 Å². The zero-order valence-electron chi connectivity index (χ0n) is 60.8. The van der Waals surface area contributed by atoms with Gasteiger partial charge in [-0.2, -0.15) is 31.6 Å². The van der Waals surface area contributed by atoms with Crippen LogP contribution in [0.15, 0.2) is 322 Å². The minimum absolute atomic E-state index is 0.322. The molecule has 0 aliphatic carbocycles. The molecule has 0 atom stereocenters. The molecule has 4 aromatic heterocycles. The van der Waals surface area contributed by atoms with Gasteiger partial charge in [-0.3, -0.25) is 0 Å². The fourth-order valence-electron chi connectivity index (χ4n) is 14.8. The van der Waals surface area contributed by atoms with Crippen LogP contribution in [-0.2, 0) is 12.4 Å². The lowest BCUT2D eigenvalue weighted by molar-refractivity contribution is -0.138. The first-order valence-electron chi connectivity index (χ1n) is 36.3. The summed E-state index contributed by atoms with van der Waals surface area (Å²) in [5, 5.41) is 13.1. The molecular formula is C97H59F6N11. The van der Waals surface area contributed by atoms with Gasteiger partial charge in [-0.25, -0.2) is 39.6 Å². The second-order valence-electron chi connectivity index (χ2n) is 27.5. The molecule has 11 nitrogen and oxygen atoms in total. The van der Waals surface area contributed by atoms with Crippen LogP contribution in [0, 0.1) is 38.3 Å². The Balaban J connectivity index is 0.000000165. The summed E-state index contributed by atoms with van der Waals surface area (Å²) in [6.45, 7) is 19.5. The van der Waals surface area contributed by atoms with Crippen molar-refractivity contribution in [1.29, 1.82) is 5.26 Å². The quantitative estimate of drug-likeness (QED) is 0.0882. The highest BCUT2D eigenvalue weighted by molar-refractivity contribution is 6.14. The molecule has 0 fully saturated rings. The number of aryl methyl sites for hydroxylation is 2. The average Bonchev–Trinajstić information content (AvgIpc) is 1.55. The molecule has 544 valence electrons. The minimum atomic E-state index is -4.60. The van der Waals surface area contributed by atoms with E-state index in [-0.39, 0.29) is 0 Å². The summed E-state index contributed by atoms with van der Waals surface area (Å²) in [6.07, 6.45) is -9.17. The predicted molar refractivity (Wildman–Crippen MR) is 439 cm³/mol. The average molecular weight is 1490 g/mol. The third kappa shape index (κ3) is 13.9. The summed E-state index contributed by atoms with van der Waals surface area (Å²) in [4.78, 5) is 37.2. The van der Waals surface area contributed by atoms with E-state index in [4.69, 9.17) is 43.0 Å². The Bertz CT molecular complexity index is 6770. The van der Waals surface area contributed by atoms with Gasteiger partial charge in [-0.15, -0.1) is 0 Å². The number of fused-ring (bicyclic) bond motifs is 6. The molecule has 4 heterocycles. The maximum Gasteiger partial charge on any atom is 0.416 e. The first kappa shape index (κ1) is 71.7. The third-order valence-corrected chi connectivity index (χ3v) is 20.0. The molecule has 0 spiro atoms. The van der Waals surface area contributed by atoms with E-state index in [0.29, 0.717) is 113 Å². The van der Waals surface area contributed by atoms with Crippen LogP contribution in [0.5, 0.6) is 0 Å². The molecule has 0 aliphatic rings. The number of alkyl halides is 6. The van der Waals surface area contributed by atoms with Crippen LogP contribution in [0.25, 0.3) is 178 Å². The van der Waals surface area contributed by atoms with E-state index < -0.39 is 23.5 Å². The van der Waals surface area contributed by atoms with Crippen molar-refractivity contribution >= 4 is 55.0 Å². The number of hydrogen-bond donors (Lipinski definition) is 0. The number of para-hydroxylation sites is 1. The highest BCUT2D eigenvalue weighted by Gasteiger charge is 2.34. The summed E-state index contributed by atoms with van der Waals surface area (Å²) >= 11 is 0. The van der Waals surface area contributed by atoms with Crippen LogP contribution in [0.3, 0.4) is 0 Å².